The molecule has 1 aliphatic rings. The number of nitrogens with one attached hydrogen (secondary N) is 1. The highest BCUT2D eigenvalue weighted by Gasteiger charge is 2.26. The van der Waals surface area contributed by atoms with E-state index in [1.54, 1.807) is 0 Å². The molecule has 16 heavy (non-hydrogen) atoms. The molecule has 0 aromatic rings. The first kappa shape index (κ1) is 13.9. The molecule has 0 spiro atoms. The van der Waals surface area contributed by atoms with Crippen LogP contribution in [-0.2, 0) is 0 Å². The molecule has 2 N–H and O–H groups in total. The highest BCUT2D eigenvalue weighted by Crippen LogP contribution is 2.19. The Kier molecular flexibility index (Phi) is 5.73. The molecule has 0 radical (unpaired) electrons. The molecule has 1 aliphatic heterocycles. The van der Waals surface area contributed by atoms with E-state index in [2.05, 4.69) is 24.1 Å². The van der Waals surface area contributed by atoms with Crippen molar-refractivity contribution in [3.63, 3.8) is 0 Å². The second-order valence-electron chi connectivity index (χ2n) is 5.47. The van der Waals surface area contributed by atoms with Gasteiger partial charge in [-0.15, -0.1) is 0 Å². The van der Waals surface area contributed by atoms with Crippen molar-refractivity contribution in [2.24, 2.45) is 0 Å². The fourth-order valence-electron chi connectivity index (χ4n) is 2.56. The average Bonchev–Trinajstić information content (AvgIpc) is 2.57. The lowest BCUT2D eigenvalue weighted by atomic mass is 9.94. The van der Waals surface area contributed by atoms with E-state index < -0.39 is 0 Å². The van der Waals surface area contributed by atoms with Crippen molar-refractivity contribution in [3.8, 4) is 0 Å². The Labute approximate surface area is 100 Å². The van der Waals surface area contributed by atoms with Gasteiger partial charge in [-0.05, 0) is 53.2 Å². The number of aliphatic hydroxyl groups is 1. The summed E-state index contributed by atoms with van der Waals surface area (Å²) in [5.74, 6) is 0. The second kappa shape index (κ2) is 6.58. The number of hydrogen-bond donors (Lipinski definition) is 2. The molecule has 0 aromatic heterocycles. The number of hydrogen-bond acceptors (Lipinski definition) is 3. The van der Waals surface area contributed by atoms with Crippen molar-refractivity contribution in [3.05, 3.63) is 0 Å². The highest BCUT2D eigenvalue weighted by molar-refractivity contribution is 4.86. The van der Waals surface area contributed by atoms with E-state index in [1.165, 1.54) is 38.8 Å². The van der Waals surface area contributed by atoms with E-state index in [1.807, 2.05) is 7.05 Å². The molecule has 0 aromatic carbocycles. The lowest BCUT2D eigenvalue weighted by Gasteiger charge is -2.35. The summed E-state index contributed by atoms with van der Waals surface area (Å²) in [6.07, 6.45) is 6.44. The van der Waals surface area contributed by atoms with Gasteiger partial charge in [0.15, 0.2) is 0 Å². The Hall–Kier alpha value is -0.120. The minimum absolute atomic E-state index is 0.133. The zero-order valence-electron chi connectivity index (χ0n) is 11.1. The summed E-state index contributed by atoms with van der Waals surface area (Å²) in [7, 11) is 1.94. The van der Waals surface area contributed by atoms with Gasteiger partial charge in [-0.3, -0.25) is 0 Å². The minimum Gasteiger partial charge on any atom is -0.394 e. The molecular weight excluding hydrogens is 200 g/mol. The van der Waals surface area contributed by atoms with E-state index in [-0.39, 0.29) is 12.1 Å². The van der Waals surface area contributed by atoms with Crippen LogP contribution in [0, 0.1) is 0 Å². The van der Waals surface area contributed by atoms with Crippen molar-refractivity contribution < 1.29 is 5.11 Å². The van der Waals surface area contributed by atoms with Crippen molar-refractivity contribution in [1.29, 1.82) is 0 Å². The largest absolute Gasteiger partial charge is 0.394 e. The summed E-state index contributed by atoms with van der Waals surface area (Å²) in [5.41, 5.74) is -0.133. The summed E-state index contributed by atoms with van der Waals surface area (Å²) < 4.78 is 0. The quantitative estimate of drug-likeness (QED) is 0.750. The maximum atomic E-state index is 9.41. The van der Waals surface area contributed by atoms with Crippen LogP contribution < -0.4 is 5.32 Å². The molecular formula is C13H28N2O. The zero-order valence-corrected chi connectivity index (χ0v) is 11.1. The first-order chi connectivity index (χ1) is 7.61. The molecule has 1 saturated heterocycles. The van der Waals surface area contributed by atoms with Crippen LogP contribution in [0.5, 0.6) is 0 Å². The summed E-state index contributed by atoms with van der Waals surface area (Å²) >= 11 is 0. The van der Waals surface area contributed by atoms with Gasteiger partial charge in [-0.2, -0.15) is 0 Å². The minimum atomic E-state index is -0.133. The lowest BCUT2D eigenvalue weighted by molar-refractivity contribution is 0.121. The molecule has 1 rings (SSSR count). The Balaban J connectivity index is 2.45. The van der Waals surface area contributed by atoms with Gasteiger partial charge < -0.3 is 15.3 Å². The third-order valence-electron chi connectivity index (χ3n) is 3.96. The average molecular weight is 228 g/mol. The molecule has 2 atom stereocenters. The van der Waals surface area contributed by atoms with Crippen LogP contribution in [0.4, 0.5) is 0 Å². The molecule has 0 saturated carbocycles. The van der Waals surface area contributed by atoms with E-state index in [4.69, 9.17) is 0 Å². The Morgan fingerprint density at radius 2 is 1.81 bits per heavy atom. The van der Waals surface area contributed by atoms with Gasteiger partial charge in [-0.1, -0.05) is 12.8 Å². The smallest absolute Gasteiger partial charge is 0.0611 e. The Bertz CT molecular complexity index is 184. The predicted octanol–water partition coefficient (Wildman–Crippen LogP) is 1.61. The fourth-order valence-corrected chi connectivity index (χ4v) is 2.56. The normalized spacial score (nSPS) is 24.8. The maximum absolute atomic E-state index is 9.41. The van der Waals surface area contributed by atoms with Crippen molar-refractivity contribution in [1.82, 2.24) is 10.2 Å². The van der Waals surface area contributed by atoms with E-state index in [0.717, 1.165) is 6.42 Å². The van der Waals surface area contributed by atoms with Gasteiger partial charge in [-0.25, -0.2) is 0 Å². The second-order valence-corrected chi connectivity index (χ2v) is 5.47. The van der Waals surface area contributed by atoms with Crippen LogP contribution in [0.3, 0.4) is 0 Å². The summed E-state index contributed by atoms with van der Waals surface area (Å²) in [4.78, 5) is 2.58. The van der Waals surface area contributed by atoms with Crippen LogP contribution in [0.2, 0.25) is 0 Å². The first-order valence-electron chi connectivity index (χ1n) is 6.65. The number of likely N-dealkylation sites (N-methyl/N-ethyl adjacent to an activating group) is 1. The topological polar surface area (TPSA) is 35.5 Å². The van der Waals surface area contributed by atoms with Gasteiger partial charge in [0.1, 0.15) is 0 Å². The molecule has 1 fully saturated rings. The van der Waals surface area contributed by atoms with E-state index in [9.17, 15) is 5.11 Å². The van der Waals surface area contributed by atoms with E-state index in [0.29, 0.717) is 6.04 Å². The first-order valence-corrected chi connectivity index (χ1v) is 6.65. The number of rotatable bonds is 5. The SMILES string of the molecule is CNC(C)(CO)CC(C)N1CCCCCC1. The monoisotopic (exact) mass is 228 g/mol. The van der Waals surface area contributed by atoms with Crippen LogP contribution >= 0.6 is 0 Å². The molecule has 1 heterocycles. The molecule has 0 amide bonds. The van der Waals surface area contributed by atoms with Gasteiger partial charge in [0.2, 0.25) is 0 Å². The molecule has 0 bridgehead atoms. The molecule has 96 valence electrons. The predicted molar refractivity (Wildman–Crippen MR) is 68.7 cm³/mol. The number of aliphatic hydroxyl groups excluding tert-OH is 1. The third-order valence-corrected chi connectivity index (χ3v) is 3.96. The molecule has 2 unspecified atom stereocenters. The van der Waals surface area contributed by atoms with Gasteiger partial charge >= 0.3 is 0 Å². The van der Waals surface area contributed by atoms with Crippen LogP contribution in [0.1, 0.15) is 46.0 Å². The summed E-state index contributed by atoms with van der Waals surface area (Å²) in [6, 6.07) is 0.558. The fraction of sp³-hybridized carbons (Fsp3) is 1.00. The summed E-state index contributed by atoms with van der Waals surface area (Å²) in [5, 5.41) is 12.6. The maximum Gasteiger partial charge on any atom is 0.0611 e. The third kappa shape index (κ3) is 4.04. The van der Waals surface area contributed by atoms with Crippen molar-refractivity contribution >= 4 is 0 Å². The standard InChI is InChI=1S/C13H28N2O/c1-12(10-13(2,11-16)14-3)15-8-6-4-5-7-9-15/h12,14,16H,4-11H2,1-3H3. The van der Waals surface area contributed by atoms with Gasteiger partial charge in [0.05, 0.1) is 6.61 Å². The molecule has 3 nitrogen and oxygen atoms in total. The van der Waals surface area contributed by atoms with Gasteiger partial charge in [0.25, 0.3) is 0 Å². The highest BCUT2D eigenvalue weighted by atomic mass is 16.3. The number of nitrogens with zero attached hydrogens (tertiary/aromatic N) is 1. The molecule has 3 heteroatoms. The van der Waals surface area contributed by atoms with Crippen molar-refractivity contribution in [2.75, 3.05) is 26.7 Å². The number of likely N-dealkylation sites (tertiary alicyclic amines) is 1. The van der Waals surface area contributed by atoms with Crippen LogP contribution in [-0.4, -0.2) is 48.3 Å². The zero-order chi connectivity index (χ0) is 12.0. The summed E-state index contributed by atoms with van der Waals surface area (Å²) in [6.45, 7) is 7.05. The molecule has 0 aliphatic carbocycles. The lowest BCUT2D eigenvalue weighted by Crippen LogP contribution is -2.49. The Morgan fingerprint density at radius 3 is 2.25 bits per heavy atom. The Morgan fingerprint density at radius 1 is 1.25 bits per heavy atom. The van der Waals surface area contributed by atoms with Crippen LogP contribution in [0.25, 0.3) is 0 Å². The van der Waals surface area contributed by atoms with Crippen LogP contribution in [0.15, 0.2) is 0 Å². The van der Waals surface area contributed by atoms with Crippen molar-refractivity contribution in [2.45, 2.75) is 57.5 Å². The van der Waals surface area contributed by atoms with E-state index >= 15 is 0 Å². The van der Waals surface area contributed by atoms with Gasteiger partial charge in [0, 0.05) is 11.6 Å².